The summed E-state index contributed by atoms with van der Waals surface area (Å²) in [6, 6.07) is 4.66. The van der Waals surface area contributed by atoms with Crippen molar-refractivity contribution in [3.8, 4) is 5.75 Å². The predicted molar refractivity (Wildman–Crippen MR) is 91.1 cm³/mol. The number of amides is 1. The summed E-state index contributed by atoms with van der Waals surface area (Å²) < 4.78 is 5.38. The van der Waals surface area contributed by atoms with Crippen LogP contribution >= 0.6 is 0 Å². The van der Waals surface area contributed by atoms with Crippen molar-refractivity contribution < 1.29 is 24.2 Å². The third-order valence-corrected chi connectivity index (χ3v) is 5.06. The van der Waals surface area contributed by atoms with Crippen LogP contribution in [0.4, 0.5) is 5.69 Å². The Hall–Kier alpha value is -2.41. The first-order chi connectivity index (χ1) is 11.9. The minimum Gasteiger partial charge on any atom is -0.482 e. The molecule has 0 aromatic heterocycles. The van der Waals surface area contributed by atoms with Gasteiger partial charge in [0.25, 0.3) is 5.91 Å². The Labute approximate surface area is 146 Å². The standard InChI is InChI=1S/C18H22N2O5/c1-11(20-7-3-4-13(9-20)18(23)24)17(22)12-5-6-15-14(8-12)19(2)16(21)10-25-15/h5-6,8,11,13H,3-4,7,9-10H2,1-2H3,(H,23,24). The number of fused-ring (bicyclic) bond motifs is 1. The molecule has 2 aliphatic rings. The number of aliphatic carboxylic acids is 1. The number of carbonyl (C=O) groups excluding carboxylic acids is 2. The van der Waals surface area contributed by atoms with Crippen LogP contribution in [0.15, 0.2) is 18.2 Å². The van der Waals surface area contributed by atoms with Crippen LogP contribution in [-0.2, 0) is 9.59 Å². The molecule has 2 heterocycles. The summed E-state index contributed by atoms with van der Waals surface area (Å²) >= 11 is 0. The number of hydrogen-bond acceptors (Lipinski definition) is 5. The van der Waals surface area contributed by atoms with E-state index in [0.717, 1.165) is 6.42 Å². The van der Waals surface area contributed by atoms with E-state index in [0.29, 0.717) is 36.5 Å². The first-order valence-electron chi connectivity index (χ1n) is 8.43. The van der Waals surface area contributed by atoms with Gasteiger partial charge in [0.15, 0.2) is 12.4 Å². The highest BCUT2D eigenvalue weighted by Gasteiger charge is 2.32. The topological polar surface area (TPSA) is 87.2 Å². The van der Waals surface area contributed by atoms with E-state index in [1.165, 1.54) is 4.90 Å². The van der Waals surface area contributed by atoms with E-state index in [2.05, 4.69) is 0 Å². The molecule has 1 amide bonds. The van der Waals surface area contributed by atoms with E-state index in [1.807, 2.05) is 4.90 Å². The number of carboxylic acids is 1. The Bertz CT molecular complexity index is 717. The number of ketones is 1. The van der Waals surface area contributed by atoms with Gasteiger partial charge in [0.2, 0.25) is 0 Å². The van der Waals surface area contributed by atoms with E-state index in [-0.39, 0.29) is 18.3 Å². The maximum Gasteiger partial charge on any atom is 0.307 e. The fourth-order valence-electron chi connectivity index (χ4n) is 3.39. The van der Waals surface area contributed by atoms with Crippen molar-refractivity contribution in [1.29, 1.82) is 0 Å². The Balaban J connectivity index is 1.79. The van der Waals surface area contributed by atoms with Gasteiger partial charge in [-0.2, -0.15) is 0 Å². The molecule has 1 aromatic rings. The fraction of sp³-hybridized carbons (Fsp3) is 0.500. The molecule has 0 spiro atoms. The van der Waals surface area contributed by atoms with Crippen LogP contribution < -0.4 is 9.64 Å². The Morgan fingerprint density at radius 3 is 2.84 bits per heavy atom. The molecule has 1 aromatic carbocycles. The number of piperidine rings is 1. The monoisotopic (exact) mass is 346 g/mol. The fourth-order valence-corrected chi connectivity index (χ4v) is 3.39. The molecule has 3 rings (SSSR count). The number of anilines is 1. The van der Waals surface area contributed by atoms with E-state index in [4.69, 9.17) is 4.74 Å². The number of nitrogens with zero attached hydrogens (tertiary/aromatic N) is 2. The Morgan fingerprint density at radius 2 is 2.12 bits per heavy atom. The second-order valence-electron chi connectivity index (χ2n) is 6.64. The number of carboxylic acid groups (broad SMARTS) is 1. The molecule has 134 valence electrons. The van der Waals surface area contributed by atoms with Gasteiger partial charge in [0.05, 0.1) is 17.6 Å². The second-order valence-corrected chi connectivity index (χ2v) is 6.64. The van der Waals surface area contributed by atoms with Crippen LogP contribution in [0.2, 0.25) is 0 Å². The molecule has 1 saturated heterocycles. The van der Waals surface area contributed by atoms with Gasteiger partial charge in [-0.25, -0.2) is 0 Å². The lowest BCUT2D eigenvalue weighted by atomic mass is 9.95. The molecular weight excluding hydrogens is 324 g/mol. The zero-order valence-electron chi connectivity index (χ0n) is 14.4. The Kier molecular flexibility index (Phi) is 4.76. The highest BCUT2D eigenvalue weighted by atomic mass is 16.5. The summed E-state index contributed by atoms with van der Waals surface area (Å²) in [5, 5.41) is 9.22. The summed E-state index contributed by atoms with van der Waals surface area (Å²) in [7, 11) is 1.66. The number of carbonyl (C=O) groups is 3. The molecule has 0 saturated carbocycles. The largest absolute Gasteiger partial charge is 0.482 e. The maximum absolute atomic E-state index is 12.9. The maximum atomic E-state index is 12.9. The highest BCUT2D eigenvalue weighted by Crippen LogP contribution is 2.32. The first-order valence-corrected chi connectivity index (χ1v) is 8.43. The van der Waals surface area contributed by atoms with Crippen molar-refractivity contribution >= 4 is 23.3 Å². The van der Waals surface area contributed by atoms with Crippen molar-refractivity contribution in [2.75, 3.05) is 31.6 Å². The summed E-state index contributed by atoms with van der Waals surface area (Å²) in [6.07, 6.45) is 1.42. The molecule has 25 heavy (non-hydrogen) atoms. The molecule has 0 radical (unpaired) electrons. The Morgan fingerprint density at radius 1 is 1.36 bits per heavy atom. The number of likely N-dealkylation sites (N-methyl/N-ethyl adjacent to an activating group) is 1. The third kappa shape index (κ3) is 3.37. The summed E-state index contributed by atoms with van der Waals surface area (Å²) in [5.41, 5.74) is 1.07. The second kappa shape index (κ2) is 6.84. The molecule has 1 fully saturated rings. The van der Waals surface area contributed by atoms with Crippen LogP contribution in [0, 0.1) is 5.92 Å². The number of ether oxygens (including phenoxy) is 1. The highest BCUT2D eigenvalue weighted by molar-refractivity contribution is 6.03. The van der Waals surface area contributed by atoms with Gasteiger partial charge in [-0.1, -0.05) is 0 Å². The average molecular weight is 346 g/mol. The molecule has 1 N–H and O–H groups in total. The molecule has 2 aliphatic heterocycles. The van der Waals surface area contributed by atoms with Gasteiger partial charge in [-0.15, -0.1) is 0 Å². The number of rotatable bonds is 4. The van der Waals surface area contributed by atoms with E-state index in [1.54, 1.807) is 32.2 Å². The summed E-state index contributed by atoms with van der Waals surface area (Å²) in [6.45, 7) is 2.90. The molecule has 7 nitrogen and oxygen atoms in total. The summed E-state index contributed by atoms with van der Waals surface area (Å²) in [4.78, 5) is 39.3. The number of Topliss-reactive ketones (excluding diaryl/α,β-unsaturated/α-hetero) is 1. The average Bonchev–Trinajstić information content (AvgIpc) is 2.63. The lowest BCUT2D eigenvalue weighted by molar-refractivity contribution is -0.143. The van der Waals surface area contributed by atoms with Gasteiger partial charge in [0.1, 0.15) is 5.75 Å². The van der Waals surface area contributed by atoms with Gasteiger partial charge >= 0.3 is 5.97 Å². The van der Waals surface area contributed by atoms with Crippen molar-refractivity contribution in [3.63, 3.8) is 0 Å². The molecular formula is C18H22N2O5. The molecule has 0 aliphatic carbocycles. The van der Waals surface area contributed by atoms with Crippen molar-refractivity contribution in [2.24, 2.45) is 5.92 Å². The molecule has 0 bridgehead atoms. The van der Waals surface area contributed by atoms with Crippen molar-refractivity contribution in [3.05, 3.63) is 23.8 Å². The van der Waals surface area contributed by atoms with Gasteiger partial charge in [0, 0.05) is 19.2 Å². The zero-order valence-corrected chi connectivity index (χ0v) is 14.4. The predicted octanol–water partition coefficient (Wildman–Crippen LogP) is 1.41. The van der Waals surface area contributed by atoms with E-state index < -0.39 is 17.9 Å². The zero-order chi connectivity index (χ0) is 18.1. The minimum absolute atomic E-state index is 0.00243. The normalized spacial score (nSPS) is 22.1. The first kappa shape index (κ1) is 17.4. The number of benzene rings is 1. The number of likely N-dealkylation sites (tertiary alicyclic amines) is 1. The summed E-state index contributed by atoms with van der Waals surface area (Å²) in [5.74, 6) is -0.902. The lowest BCUT2D eigenvalue weighted by Crippen LogP contribution is -2.46. The lowest BCUT2D eigenvalue weighted by Gasteiger charge is -2.34. The van der Waals surface area contributed by atoms with E-state index >= 15 is 0 Å². The molecule has 2 atom stereocenters. The smallest absolute Gasteiger partial charge is 0.307 e. The minimum atomic E-state index is -0.810. The molecule has 7 heteroatoms. The van der Waals surface area contributed by atoms with Crippen molar-refractivity contribution in [2.45, 2.75) is 25.8 Å². The molecule has 2 unspecified atom stereocenters. The number of hydrogen-bond donors (Lipinski definition) is 1. The quantitative estimate of drug-likeness (QED) is 0.830. The van der Waals surface area contributed by atoms with Crippen LogP contribution in [0.5, 0.6) is 5.75 Å². The van der Waals surface area contributed by atoms with Crippen LogP contribution in [0.3, 0.4) is 0 Å². The van der Waals surface area contributed by atoms with Crippen LogP contribution in [-0.4, -0.2) is 60.5 Å². The third-order valence-electron chi connectivity index (χ3n) is 5.06. The van der Waals surface area contributed by atoms with Crippen LogP contribution in [0.25, 0.3) is 0 Å². The van der Waals surface area contributed by atoms with Gasteiger partial charge < -0.3 is 14.7 Å². The SMILES string of the molecule is CC(C(=O)c1ccc2c(c1)N(C)C(=O)CO2)N1CCCC(C(=O)O)C1. The van der Waals surface area contributed by atoms with Crippen LogP contribution in [0.1, 0.15) is 30.1 Å². The van der Waals surface area contributed by atoms with Gasteiger partial charge in [-0.05, 0) is 44.5 Å². The van der Waals surface area contributed by atoms with Crippen molar-refractivity contribution in [1.82, 2.24) is 4.90 Å². The van der Waals surface area contributed by atoms with Gasteiger partial charge in [-0.3, -0.25) is 19.3 Å². The van der Waals surface area contributed by atoms with E-state index in [9.17, 15) is 19.5 Å².